The molecule has 1 aromatic carbocycles. The number of ether oxygens (including phenoxy) is 1. The van der Waals surface area contributed by atoms with E-state index in [1.807, 2.05) is 63.7 Å². The summed E-state index contributed by atoms with van der Waals surface area (Å²) in [7, 11) is 3.48. The minimum atomic E-state index is -0.542. The molecule has 0 aliphatic heterocycles. The topological polar surface area (TPSA) is 105 Å². The Bertz CT molecular complexity index is 1580. The Labute approximate surface area is 251 Å². The van der Waals surface area contributed by atoms with Crippen LogP contribution in [-0.2, 0) is 17.8 Å². The molecule has 11 heteroatoms. The third kappa shape index (κ3) is 7.36. The van der Waals surface area contributed by atoms with Crippen LogP contribution in [0.25, 0.3) is 22.3 Å². The third-order valence-corrected chi connectivity index (χ3v) is 7.00. The lowest BCUT2D eigenvalue weighted by atomic mass is 10.0. The number of aromatic nitrogens is 4. The molecule has 0 unspecified atom stereocenters. The lowest BCUT2D eigenvalue weighted by Crippen LogP contribution is -2.36. The molecule has 1 N–H and O–H groups in total. The summed E-state index contributed by atoms with van der Waals surface area (Å²) in [5.74, 6) is -0.151. The Morgan fingerprint density at radius 2 is 1.81 bits per heavy atom. The van der Waals surface area contributed by atoms with Crippen molar-refractivity contribution in [2.45, 2.75) is 53.3 Å². The summed E-state index contributed by atoms with van der Waals surface area (Å²) in [6, 6.07) is 10.9. The fourth-order valence-electron chi connectivity index (χ4n) is 4.45. The lowest BCUT2D eigenvalue weighted by molar-refractivity contribution is 0.0305. The average Bonchev–Trinajstić information content (AvgIpc) is 3.30. The van der Waals surface area contributed by atoms with Crippen molar-refractivity contribution in [2.24, 2.45) is 0 Å². The van der Waals surface area contributed by atoms with Crippen LogP contribution >= 0.6 is 11.6 Å². The number of halogens is 1. The number of carbonyl (C=O) groups excluding carboxylic acids is 2. The molecule has 0 spiro atoms. The number of likely N-dealkylation sites (N-methyl/N-ethyl adjacent to an activating group) is 1. The SMILES string of the molecule is CCn1ncc(CN(C)C(=O)c2cc(-c3ccc(NCCN(C)C(=O)OC(C)(C)C)cn3)nc3ccc(Cl)cc23)c1C. The second-order valence-corrected chi connectivity index (χ2v) is 11.6. The number of carbonyl (C=O) groups is 2. The number of pyridine rings is 2. The maximum absolute atomic E-state index is 13.8. The van der Waals surface area contributed by atoms with Gasteiger partial charge in [-0.3, -0.25) is 14.5 Å². The number of nitrogens with one attached hydrogen (secondary N) is 1. The highest BCUT2D eigenvalue weighted by Crippen LogP contribution is 2.28. The molecule has 4 aromatic rings. The van der Waals surface area contributed by atoms with Gasteiger partial charge >= 0.3 is 6.09 Å². The largest absolute Gasteiger partial charge is 0.444 e. The molecule has 3 aromatic heterocycles. The molecule has 0 radical (unpaired) electrons. The summed E-state index contributed by atoms with van der Waals surface area (Å²) in [6.07, 6.45) is 3.15. The molecule has 0 atom stereocenters. The van der Waals surface area contributed by atoms with Gasteiger partial charge in [0.15, 0.2) is 0 Å². The van der Waals surface area contributed by atoms with E-state index in [2.05, 4.69) is 15.4 Å². The third-order valence-electron chi connectivity index (χ3n) is 6.77. The number of fused-ring (bicyclic) bond motifs is 1. The predicted molar refractivity (Wildman–Crippen MR) is 166 cm³/mol. The molecule has 3 heterocycles. The van der Waals surface area contributed by atoms with Crippen LogP contribution in [0.4, 0.5) is 10.5 Å². The first-order valence-electron chi connectivity index (χ1n) is 13.9. The molecule has 2 amide bonds. The predicted octanol–water partition coefficient (Wildman–Crippen LogP) is 6.03. The van der Waals surface area contributed by atoms with E-state index in [0.717, 1.165) is 23.5 Å². The molecule has 4 rings (SSSR count). The summed E-state index contributed by atoms with van der Waals surface area (Å²) >= 11 is 6.31. The van der Waals surface area contributed by atoms with E-state index < -0.39 is 5.60 Å². The maximum atomic E-state index is 13.8. The van der Waals surface area contributed by atoms with E-state index in [1.165, 1.54) is 4.90 Å². The number of hydrogen-bond donors (Lipinski definition) is 1. The van der Waals surface area contributed by atoms with Crippen molar-refractivity contribution in [3.63, 3.8) is 0 Å². The highest BCUT2D eigenvalue weighted by molar-refractivity contribution is 6.31. The minimum absolute atomic E-state index is 0.151. The highest BCUT2D eigenvalue weighted by atomic mass is 35.5. The molecule has 0 saturated carbocycles. The lowest BCUT2D eigenvalue weighted by Gasteiger charge is -2.24. The van der Waals surface area contributed by atoms with Crippen molar-refractivity contribution in [1.82, 2.24) is 29.5 Å². The summed E-state index contributed by atoms with van der Waals surface area (Å²) in [5, 5.41) is 8.88. The van der Waals surface area contributed by atoms with Gasteiger partial charge in [-0.25, -0.2) is 9.78 Å². The van der Waals surface area contributed by atoms with Crippen LogP contribution in [0, 0.1) is 6.92 Å². The zero-order valence-corrected chi connectivity index (χ0v) is 26.0. The summed E-state index contributed by atoms with van der Waals surface area (Å²) in [6.45, 7) is 11.7. The number of benzene rings is 1. The minimum Gasteiger partial charge on any atom is -0.444 e. The molecule has 10 nitrogen and oxygen atoms in total. The van der Waals surface area contributed by atoms with E-state index in [9.17, 15) is 9.59 Å². The molecular formula is C31H38ClN7O3. The highest BCUT2D eigenvalue weighted by Gasteiger charge is 2.21. The molecule has 222 valence electrons. The van der Waals surface area contributed by atoms with Gasteiger partial charge in [-0.2, -0.15) is 5.10 Å². The summed E-state index contributed by atoms with van der Waals surface area (Å²) in [4.78, 5) is 38.5. The Kier molecular flexibility index (Phi) is 9.36. The second-order valence-electron chi connectivity index (χ2n) is 11.2. The van der Waals surface area contributed by atoms with Crippen molar-refractivity contribution in [3.8, 4) is 11.4 Å². The molecular weight excluding hydrogens is 554 g/mol. The van der Waals surface area contributed by atoms with Crippen molar-refractivity contribution >= 4 is 40.2 Å². The molecule has 0 bridgehead atoms. The van der Waals surface area contributed by atoms with Crippen molar-refractivity contribution in [3.05, 3.63) is 70.6 Å². The van der Waals surface area contributed by atoms with Crippen LogP contribution in [0.2, 0.25) is 5.02 Å². The first-order chi connectivity index (χ1) is 19.9. The standard InChI is InChI=1S/C31H38ClN7O3/c1-8-39-20(2)21(17-35-39)19-38(7)29(40)25-16-28(36-26-11-9-22(32)15-24(25)26)27-12-10-23(18-34-27)33-13-14-37(6)30(41)42-31(3,4)5/h9-12,15-18,33H,8,13-14,19H2,1-7H3. The Morgan fingerprint density at radius 1 is 1.05 bits per heavy atom. The van der Waals surface area contributed by atoms with Gasteiger partial charge in [0.25, 0.3) is 5.91 Å². The van der Waals surface area contributed by atoms with E-state index in [1.54, 1.807) is 43.4 Å². The van der Waals surface area contributed by atoms with E-state index in [4.69, 9.17) is 21.3 Å². The number of nitrogens with zero attached hydrogens (tertiary/aromatic N) is 6. The first-order valence-corrected chi connectivity index (χ1v) is 14.3. The number of amides is 2. The zero-order chi connectivity index (χ0) is 30.6. The number of hydrogen-bond acceptors (Lipinski definition) is 7. The monoisotopic (exact) mass is 591 g/mol. The average molecular weight is 592 g/mol. The van der Waals surface area contributed by atoms with Crippen molar-refractivity contribution in [1.29, 1.82) is 0 Å². The van der Waals surface area contributed by atoms with Crippen molar-refractivity contribution < 1.29 is 14.3 Å². The smallest absolute Gasteiger partial charge is 0.410 e. The Morgan fingerprint density at radius 3 is 2.45 bits per heavy atom. The fraction of sp³-hybridized carbons (Fsp3) is 0.387. The number of anilines is 1. The van der Waals surface area contributed by atoms with E-state index in [-0.39, 0.29) is 12.0 Å². The van der Waals surface area contributed by atoms with Gasteiger partial charge < -0.3 is 19.9 Å². The van der Waals surface area contributed by atoms with Crippen LogP contribution in [0.3, 0.4) is 0 Å². The van der Waals surface area contributed by atoms with Gasteiger partial charge in [0.1, 0.15) is 5.60 Å². The maximum Gasteiger partial charge on any atom is 0.410 e. The van der Waals surface area contributed by atoms with Gasteiger partial charge in [0.05, 0.1) is 40.5 Å². The van der Waals surface area contributed by atoms with Gasteiger partial charge in [0.2, 0.25) is 0 Å². The molecule has 0 aliphatic rings. The molecule has 0 aliphatic carbocycles. The Hall–Kier alpha value is -4.18. The van der Waals surface area contributed by atoms with Crippen molar-refractivity contribution in [2.75, 3.05) is 32.5 Å². The summed E-state index contributed by atoms with van der Waals surface area (Å²) in [5.41, 5.74) is 4.63. The number of aryl methyl sites for hydroxylation is 1. The fourth-order valence-corrected chi connectivity index (χ4v) is 4.62. The summed E-state index contributed by atoms with van der Waals surface area (Å²) < 4.78 is 7.30. The van der Waals surface area contributed by atoms with Gasteiger partial charge in [-0.15, -0.1) is 0 Å². The number of rotatable bonds is 9. The van der Waals surface area contributed by atoms with Crippen LogP contribution in [-0.4, -0.2) is 74.3 Å². The van der Waals surface area contributed by atoms with Crippen LogP contribution in [0.5, 0.6) is 0 Å². The van der Waals surface area contributed by atoms with Gasteiger partial charge in [-0.05, 0) is 71.0 Å². The van der Waals surface area contributed by atoms with Gasteiger partial charge in [-0.1, -0.05) is 11.6 Å². The zero-order valence-electron chi connectivity index (χ0n) is 25.2. The first kappa shape index (κ1) is 30.8. The van der Waals surface area contributed by atoms with Crippen LogP contribution < -0.4 is 5.32 Å². The van der Waals surface area contributed by atoms with Crippen LogP contribution in [0.15, 0.2) is 48.8 Å². The Balaban J connectivity index is 1.52. The van der Waals surface area contributed by atoms with Crippen LogP contribution in [0.1, 0.15) is 49.3 Å². The second kappa shape index (κ2) is 12.8. The van der Waals surface area contributed by atoms with E-state index >= 15 is 0 Å². The molecule has 0 saturated heterocycles. The molecule has 42 heavy (non-hydrogen) atoms. The quantitative estimate of drug-likeness (QED) is 0.253. The molecule has 0 fully saturated rings. The van der Waals surface area contributed by atoms with Gasteiger partial charge in [0, 0.05) is 61.9 Å². The normalized spacial score (nSPS) is 11.4. The van der Waals surface area contributed by atoms with E-state index in [0.29, 0.717) is 52.5 Å².